The lowest BCUT2D eigenvalue weighted by Crippen LogP contribution is -2.16. The van der Waals surface area contributed by atoms with Crippen LogP contribution in [0, 0.1) is 10.1 Å². The van der Waals surface area contributed by atoms with Crippen LogP contribution in [0.25, 0.3) is 33.5 Å². The Labute approximate surface area is 265 Å². The summed E-state index contributed by atoms with van der Waals surface area (Å²) >= 11 is 0. The van der Waals surface area contributed by atoms with Gasteiger partial charge >= 0.3 is 11.8 Å². The van der Waals surface area contributed by atoms with Crippen LogP contribution < -0.4 is 10.6 Å². The highest BCUT2D eigenvalue weighted by Crippen LogP contribution is 2.31. The molecule has 6 rings (SSSR count). The lowest BCUT2D eigenvalue weighted by atomic mass is 9.98. The van der Waals surface area contributed by atoms with E-state index in [0.717, 1.165) is 22.3 Å². The van der Waals surface area contributed by atoms with Gasteiger partial charge in [-0.05, 0) is 54.0 Å². The Bertz CT molecular complexity index is 2080. The predicted octanol–water partition coefficient (Wildman–Crippen LogP) is 4.37. The number of imidazole rings is 1. The summed E-state index contributed by atoms with van der Waals surface area (Å²) in [6.07, 6.45) is -1.07. The molecule has 0 radical (unpaired) electrons. The topological polar surface area (TPSA) is 204 Å². The van der Waals surface area contributed by atoms with Crippen molar-refractivity contribution in [3.8, 4) is 28.5 Å². The second kappa shape index (κ2) is 13.4. The molecule has 3 aromatic heterocycles. The lowest BCUT2D eigenvalue weighted by molar-refractivity contribution is -0.767. The molecule has 3 heterocycles. The number of fused-ring (bicyclic) bond motifs is 1. The van der Waals surface area contributed by atoms with Gasteiger partial charge in [0.2, 0.25) is 5.82 Å². The van der Waals surface area contributed by atoms with Crippen LogP contribution >= 0.6 is 0 Å². The second-order valence-electron chi connectivity index (χ2n) is 10.3. The fourth-order valence-corrected chi connectivity index (χ4v) is 5.06. The van der Waals surface area contributed by atoms with Crippen molar-refractivity contribution < 1.29 is 33.0 Å². The molecule has 0 spiro atoms. The molecular formula is C31H27N7O9. The second-order valence-corrected chi connectivity index (χ2v) is 10.3. The molecule has 1 N–H and O–H groups in total. The minimum atomic E-state index is -1.03. The maximum atomic E-state index is 13.1. The van der Waals surface area contributed by atoms with E-state index in [9.17, 15) is 19.7 Å². The highest BCUT2D eigenvalue weighted by atomic mass is 17.0. The fraction of sp³-hybridized carbons (Fsp3) is 0.226. The van der Waals surface area contributed by atoms with Crippen molar-refractivity contribution in [1.29, 1.82) is 0 Å². The van der Waals surface area contributed by atoms with Crippen LogP contribution in [-0.4, -0.2) is 53.9 Å². The highest BCUT2D eigenvalue weighted by Gasteiger charge is 2.21. The van der Waals surface area contributed by atoms with E-state index in [0.29, 0.717) is 36.0 Å². The van der Waals surface area contributed by atoms with Crippen LogP contribution in [0.5, 0.6) is 6.01 Å². The van der Waals surface area contributed by atoms with Crippen LogP contribution in [0.3, 0.4) is 0 Å². The van der Waals surface area contributed by atoms with Crippen molar-refractivity contribution >= 4 is 17.0 Å². The smallest absolute Gasteiger partial charge is 0.465 e. The van der Waals surface area contributed by atoms with Crippen molar-refractivity contribution in [3.05, 3.63) is 110 Å². The zero-order valence-electron chi connectivity index (χ0n) is 25.1. The average Bonchev–Trinajstić information content (AvgIpc) is 3.79. The third-order valence-electron chi connectivity index (χ3n) is 7.14. The van der Waals surface area contributed by atoms with Crippen molar-refractivity contribution in [1.82, 2.24) is 30.2 Å². The first kappa shape index (κ1) is 30.7. The summed E-state index contributed by atoms with van der Waals surface area (Å²) in [4.78, 5) is 44.4. The normalized spacial score (nSPS) is 11.8. The first-order valence-corrected chi connectivity index (χ1v) is 14.4. The predicted molar refractivity (Wildman–Crippen MR) is 163 cm³/mol. The number of carbonyl (C=O) groups excluding carboxylic acids is 1. The van der Waals surface area contributed by atoms with Gasteiger partial charge in [-0.25, -0.2) is 9.59 Å². The monoisotopic (exact) mass is 641 g/mol. The van der Waals surface area contributed by atoms with Gasteiger partial charge in [0.25, 0.3) is 11.1 Å². The molecule has 47 heavy (non-hydrogen) atoms. The number of nitrogens with zero attached hydrogens (tertiary/aromatic N) is 6. The minimum Gasteiger partial charge on any atom is -0.465 e. The van der Waals surface area contributed by atoms with Crippen LogP contribution in [-0.2, 0) is 29.1 Å². The van der Waals surface area contributed by atoms with Gasteiger partial charge in [0.15, 0.2) is 18.1 Å². The summed E-state index contributed by atoms with van der Waals surface area (Å²) in [5.74, 6) is -1.33. The largest absolute Gasteiger partial charge is 0.519 e. The zero-order chi connectivity index (χ0) is 32.9. The molecule has 240 valence electrons. The number of aromatic nitrogens is 6. The van der Waals surface area contributed by atoms with Gasteiger partial charge < -0.3 is 23.1 Å². The maximum absolute atomic E-state index is 13.1. The molecule has 1 atom stereocenters. The van der Waals surface area contributed by atoms with E-state index in [1.807, 2.05) is 60.0 Å². The number of aromatic amines is 1. The van der Waals surface area contributed by atoms with E-state index in [2.05, 4.69) is 30.4 Å². The molecule has 0 saturated heterocycles. The third kappa shape index (κ3) is 6.85. The van der Waals surface area contributed by atoms with Gasteiger partial charge in [0, 0.05) is 12.0 Å². The number of ether oxygens (including phenoxy) is 2. The molecule has 0 amide bonds. The molecule has 0 aliphatic rings. The standard InChI is InChI=1S/C31H27N7O9/c1-3-43-30-32-24-13-12-21(29(39)44-17-27-26(45-31(40)46-27)14-18(2)47-38(41)42)15-25(24)37(30)16-19-8-10-20(11-9-19)22-6-4-5-7-23(22)28-33-35-36-34-28/h4-13,15,18H,3,14,16-17H2,1-2H3,(H,33,34,35,36). The molecule has 3 aromatic carbocycles. The Kier molecular flexibility index (Phi) is 8.72. The first-order chi connectivity index (χ1) is 22.8. The van der Waals surface area contributed by atoms with Gasteiger partial charge in [-0.3, -0.25) is 4.57 Å². The molecule has 0 saturated carbocycles. The van der Waals surface area contributed by atoms with Crippen LogP contribution in [0.15, 0.2) is 80.4 Å². The Balaban J connectivity index is 1.22. The Morgan fingerprint density at radius 3 is 2.55 bits per heavy atom. The molecule has 16 heteroatoms. The van der Waals surface area contributed by atoms with Crippen LogP contribution in [0.4, 0.5) is 0 Å². The van der Waals surface area contributed by atoms with Crippen molar-refractivity contribution in [3.63, 3.8) is 0 Å². The maximum Gasteiger partial charge on any atom is 0.519 e. The van der Waals surface area contributed by atoms with Crippen LogP contribution in [0.1, 0.15) is 41.3 Å². The molecule has 0 aliphatic carbocycles. The number of nitrogens with one attached hydrogen (secondary N) is 1. The Morgan fingerprint density at radius 1 is 1.06 bits per heavy atom. The van der Waals surface area contributed by atoms with Gasteiger partial charge in [-0.1, -0.05) is 48.5 Å². The number of carbonyl (C=O) groups is 1. The minimum absolute atomic E-state index is 0.0173. The lowest BCUT2D eigenvalue weighted by Gasteiger charge is -2.11. The number of esters is 1. The molecule has 0 aliphatic heterocycles. The number of rotatable bonds is 13. The summed E-state index contributed by atoms with van der Waals surface area (Å²) in [5.41, 5.74) is 5.18. The van der Waals surface area contributed by atoms with Gasteiger partial charge in [-0.15, -0.1) is 20.3 Å². The summed E-state index contributed by atoms with van der Waals surface area (Å²) in [6.45, 7) is 3.62. The number of tetrazole rings is 1. The third-order valence-corrected chi connectivity index (χ3v) is 7.14. The van der Waals surface area contributed by atoms with E-state index in [1.165, 1.54) is 6.92 Å². The average molecular weight is 642 g/mol. The fourth-order valence-electron chi connectivity index (χ4n) is 5.06. The SMILES string of the molecule is CCOc1nc2ccc(C(=O)OCc3oc(=O)oc3CC(C)O[N+](=O)[O-])cc2n1Cc1ccc(-c2ccccc2-c2nn[nH]n2)cc1. The number of benzene rings is 3. The van der Waals surface area contributed by atoms with E-state index in [-0.39, 0.29) is 23.5 Å². The molecular weight excluding hydrogens is 614 g/mol. The molecule has 1 unspecified atom stereocenters. The van der Waals surface area contributed by atoms with E-state index in [1.54, 1.807) is 18.2 Å². The molecule has 0 fully saturated rings. The summed E-state index contributed by atoms with van der Waals surface area (Å²) < 4.78 is 23.0. The van der Waals surface area contributed by atoms with E-state index in [4.69, 9.17) is 18.3 Å². The summed E-state index contributed by atoms with van der Waals surface area (Å²) in [5, 5.41) is 24.1. The summed E-state index contributed by atoms with van der Waals surface area (Å²) in [6, 6.07) is 21.1. The molecule has 6 aromatic rings. The number of H-pyrrole nitrogens is 1. The number of hydrogen-bond donors (Lipinski definition) is 1. The van der Waals surface area contributed by atoms with Gasteiger partial charge in [-0.2, -0.15) is 10.2 Å². The molecule has 0 bridgehead atoms. The Morgan fingerprint density at radius 2 is 1.83 bits per heavy atom. The Hall–Kier alpha value is -6.32. The highest BCUT2D eigenvalue weighted by molar-refractivity contribution is 5.94. The van der Waals surface area contributed by atoms with E-state index < -0.39 is 29.6 Å². The number of hydrogen-bond acceptors (Lipinski definition) is 13. The quantitative estimate of drug-likeness (QED) is 0.106. The van der Waals surface area contributed by atoms with Crippen molar-refractivity contribution in [2.24, 2.45) is 0 Å². The zero-order valence-corrected chi connectivity index (χ0v) is 25.1. The van der Waals surface area contributed by atoms with Crippen molar-refractivity contribution in [2.75, 3.05) is 6.61 Å². The first-order valence-electron chi connectivity index (χ1n) is 14.4. The molecule has 16 nitrogen and oxygen atoms in total. The van der Waals surface area contributed by atoms with Gasteiger partial charge in [0.05, 0.1) is 29.7 Å². The van der Waals surface area contributed by atoms with E-state index >= 15 is 0 Å². The van der Waals surface area contributed by atoms with Crippen molar-refractivity contribution in [2.45, 2.75) is 39.5 Å². The van der Waals surface area contributed by atoms with Gasteiger partial charge in [0.1, 0.15) is 6.10 Å². The summed E-state index contributed by atoms with van der Waals surface area (Å²) in [7, 11) is 0. The van der Waals surface area contributed by atoms with Crippen LogP contribution in [0.2, 0.25) is 0 Å².